The average Bonchev–Trinajstić information content (AvgIpc) is 3.59. The molecule has 0 unspecified atom stereocenters. The second-order valence-corrected chi connectivity index (χ2v) is 8.45. The minimum atomic E-state index is 0.728. The molecule has 0 bridgehead atoms. The van der Waals surface area contributed by atoms with Gasteiger partial charge in [-0.2, -0.15) is 0 Å². The van der Waals surface area contributed by atoms with Crippen molar-refractivity contribution in [2.75, 3.05) is 26.2 Å². The minimum Gasteiger partial charge on any atom is -0.384 e. The third-order valence-corrected chi connectivity index (χ3v) is 6.35. The van der Waals surface area contributed by atoms with Crippen molar-refractivity contribution in [3.05, 3.63) is 72.1 Å². The second-order valence-electron chi connectivity index (χ2n) is 8.45. The Labute approximate surface area is 169 Å². The summed E-state index contributed by atoms with van der Waals surface area (Å²) in [6, 6.07) is 13.1. The van der Waals surface area contributed by atoms with Crippen molar-refractivity contribution < 1.29 is 0 Å². The van der Waals surface area contributed by atoms with E-state index in [4.69, 9.17) is 0 Å². The minimum absolute atomic E-state index is 0.728. The van der Waals surface area contributed by atoms with Gasteiger partial charge in [0, 0.05) is 36.7 Å². The number of piperidine rings is 1. The molecule has 0 spiro atoms. The van der Waals surface area contributed by atoms with E-state index in [-0.39, 0.29) is 0 Å². The molecule has 3 heteroatoms. The van der Waals surface area contributed by atoms with Crippen molar-refractivity contribution in [1.29, 1.82) is 0 Å². The van der Waals surface area contributed by atoms with Gasteiger partial charge in [0.25, 0.3) is 0 Å². The monoisotopic (exact) mass is 375 g/mol. The molecule has 2 aliphatic rings. The lowest BCUT2D eigenvalue weighted by molar-refractivity contribution is 0.181. The van der Waals surface area contributed by atoms with E-state index in [1.165, 1.54) is 68.3 Å². The number of pyridine rings is 1. The Morgan fingerprint density at radius 2 is 1.86 bits per heavy atom. The number of nitrogens with one attached hydrogen (secondary N) is 1. The highest BCUT2D eigenvalue weighted by atomic mass is 15.1. The number of benzene rings is 1. The quantitative estimate of drug-likeness (QED) is 0.678. The van der Waals surface area contributed by atoms with Gasteiger partial charge in [-0.15, -0.1) is 0 Å². The maximum atomic E-state index is 4.31. The van der Waals surface area contributed by atoms with Gasteiger partial charge in [0.1, 0.15) is 0 Å². The summed E-state index contributed by atoms with van der Waals surface area (Å²) in [5.74, 6) is 1.61. The Kier molecular flexibility index (Phi) is 6.43. The predicted octanol–water partition coefficient (Wildman–Crippen LogP) is 4.86. The maximum absolute atomic E-state index is 4.31. The zero-order valence-electron chi connectivity index (χ0n) is 16.9. The Morgan fingerprint density at radius 1 is 1.07 bits per heavy atom. The fourth-order valence-electron chi connectivity index (χ4n) is 4.38. The van der Waals surface area contributed by atoms with Crippen molar-refractivity contribution >= 4 is 5.70 Å². The van der Waals surface area contributed by atoms with Gasteiger partial charge in [0.05, 0.1) is 0 Å². The fraction of sp³-hybridized carbons (Fsp3) is 0.480. The SMILES string of the molecule is C=C(NCCN1CCC(CCc2ccccc2)CC1)c1cnccc1C1CC1. The molecule has 4 rings (SSSR count). The number of aromatic nitrogens is 1. The lowest BCUT2D eigenvalue weighted by Crippen LogP contribution is -2.38. The van der Waals surface area contributed by atoms with Crippen LogP contribution in [0.25, 0.3) is 5.70 Å². The second kappa shape index (κ2) is 9.38. The van der Waals surface area contributed by atoms with E-state index in [1.807, 2.05) is 12.4 Å². The molecule has 1 N–H and O–H groups in total. The molecule has 1 aromatic heterocycles. The first-order valence-electron chi connectivity index (χ1n) is 10.9. The van der Waals surface area contributed by atoms with Crippen LogP contribution in [0.1, 0.15) is 54.7 Å². The van der Waals surface area contributed by atoms with Crippen LogP contribution >= 0.6 is 0 Å². The zero-order valence-corrected chi connectivity index (χ0v) is 16.9. The highest BCUT2D eigenvalue weighted by Gasteiger charge is 2.26. The van der Waals surface area contributed by atoms with E-state index >= 15 is 0 Å². The van der Waals surface area contributed by atoms with Crippen LogP contribution in [0.5, 0.6) is 0 Å². The first-order chi connectivity index (χ1) is 13.8. The zero-order chi connectivity index (χ0) is 19.2. The molecule has 3 nitrogen and oxygen atoms in total. The molecule has 1 saturated heterocycles. The maximum Gasteiger partial charge on any atom is 0.0363 e. The van der Waals surface area contributed by atoms with Crippen molar-refractivity contribution in [1.82, 2.24) is 15.2 Å². The average molecular weight is 376 g/mol. The molecule has 1 aromatic carbocycles. The number of rotatable bonds is 9. The number of hydrogen-bond donors (Lipinski definition) is 1. The molecule has 1 aliphatic carbocycles. The van der Waals surface area contributed by atoms with Gasteiger partial charge in [0.2, 0.25) is 0 Å². The summed E-state index contributed by atoms with van der Waals surface area (Å²) < 4.78 is 0. The molecule has 2 heterocycles. The van der Waals surface area contributed by atoms with Crippen LogP contribution in [-0.4, -0.2) is 36.1 Å². The van der Waals surface area contributed by atoms with Gasteiger partial charge in [0.15, 0.2) is 0 Å². The van der Waals surface area contributed by atoms with E-state index in [1.54, 1.807) is 0 Å². The summed E-state index contributed by atoms with van der Waals surface area (Å²) >= 11 is 0. The van der Waals surface area contributed by atoms with Crippen molar-refractivity contribution in [2.24, 2.45) is 5.92 Å². The first-order valence-corrected chi connectivity index (χ1v) is 10.9. The Morgan fingerprint density at radius 3 is 2.61 bits per heavy atom. The van der Waals surface area contributed by atoms with Crippen LogP contribution in [0.4, 0.5) is 0 Å². The largest absolute Gasteiger partial charge is 0.384 e. The molecule has 0 amide bonds. The lowest BCUT2D eigenvalue weighted by Gasteiger charge is -2.32. The summed E-state index contributed by atoms with van der Waals surface area (Å²) in [4.78, 5) is 6.91. The normalized spacial score (nSPS) is 18.1. The molecule has 1 saturated carbocycles. The smallest absolute Gasteiger partial charge is 0.0363 e. The topological polar surface area (TPSA) is 28.2 Å². The van der Waals surface area contributed by atoms with Gasteiger partial charge >= 0.3 is 0 Å². The van der Waals surface area contributed by atoms with Gasteiger partial charge in [-0.25, -0.2) is 0 Å². The molecular formula is C25H33N3. The Hall–Kier alpha value is -2.13. The first kappa shape index (κ1) is 19.2. The highest BCUT2D eigenvalue weighted by molar-refractivity contribution is 5.65. The summed E-state index contributed by atoms with van der Waals surface area (Å²) in [7, 11) is 0. The summed E-state index contributed by atoms with van der Waals surface area (Å²) in [6.45, 7) is 8.80. The number of aryl methyl sites for hydroxylation is 1. The van der Waals surface area contributed by atoms with E-state index < -0.39 is 0 Å². The van der Waals surface area contributed by atoms with Crippen LogP contribution in [0, 0.1) is 5.92 Å². The van der Waals surface area contributed by atoms with Crippen LogP contribution < -0.4 is 5.32 Å². The molecule has 2 aromatic rings. The standard InChI is InChI=1S/C25H33N3/c1-20(25-19-26-14-11-24(25)23-9-10-23)27-15-18-28-16-12-22(13-17-28)8-7-21-5-3-2-4-6-21/h2-6,11,14,19,22-23,27H,1,7-10,12-13,15-18H2. The third kappa shape index (κ3) is 5.23. The van der Waals surface area contributed by atoms with Gasteiger partial charge in [-0.3, -0.25) is 4.98 Å². The van der Waals surface area contributed by atoms with E-state index in [2.05, 4.69) is 58.2 Å². The lowest BCUT2D eigenvalue weighted by atomic mass is 9.90. The van der Waals surface area contributed by atoms with Crippen molar-refractivity contribution in [3.8, 4) is 0 Å². The highest BCUT2D eigenvalue weighted by Crippen LogP contribution is 2.42. The van der Waals surface area contributed by atoms with Gasteiger partial charge < -0.3 is 10.2 Å². The van der Waals surface area contributed by atoms with Gasteiger partial charge in [-0.1, -0.05) is 36.9 Å². The van der Waals surface area contributed by atoms with Gasteiger partial charge in [-0.05, 0) is 80.6 Å². The number of hydrogen-bond acceptors (Lipinski definition) is 3. The van der Waals surface area contributed by atoms with E-state index in [9.17, 15) is 0 Å². The summed E-state index contributed by atoms with van der Waals surface area (Å²) in [5, 5.41) is 3.55. The van der Waals surface area contributed by atoms with Crippen LogP contribution in [-0.2, 0) is 6.42 Å². The molecule has 0 radical (unpaired) electrons. The third-order valence-electron chi connectivity index (χ3n) is 6.35. The van der Waals surface area contributed by atoms with E-state index in [0.717, 1.165) is 30.6 Å². The van der Waals surface area contributed by atoms with E-state index in [0.29, 0.717) is 0 Å². The Bertz CT molecular complexity index is 758. The molecular weight excluding hydrogens is 342 g/mol. The molecule has 28 heavy (non-hydrogen) atoms. The number of likely N-dealkylation sites (tertiary alicyclic amines) is 1. The fourth-order valence-corrected chi connectivity index (χ4v) is 4.38. The van der Waals surface area contributed by atoms with Crippen LogP contribution in [0.2, 0.25) is 0 Å². The summed E-state index contributed by atoms with van der Waals surface area (Å²) in [5.41, 5.74) is 5.15. The predicted molar refractivity (Wildman–Crippen MR) is 117 cm³/mol. The molecule has 1 aliphatic heterocycles. The van der Waals surface area contributed by atoms with Crippen molar-refractivity contribution in [2.45, 2.75) is 44.4 Å². The van der Waals surface area contributed by atoms with Crippen LogP contribution in [0.15, 0.2) is 55.4 Å². The summed E-state index contributed by atoms with van der Waals surface area (Å²) in [6.07, 6.45) is 11.7. The van der Waals surface area contributed by atoms with Crippen LogP contribution in [0.3, 0.4) is 0 Å². The Balaban J connectivity index is 1.15. The molecule has 2 fully saturated rings. The molecule has 0 atom stereocenters. The van der Waals surface area contributed by atoms with Crippen molar-refractivity contribution in [3.63, 3.8) is 0 Å². The molecule has 148 valence electrons. The number of nitrogens with zero attached hydrogens (tertiary/aromatic N) is 2.